The molecule has 2 aromatic rings. The highest BCUT2D eigenvalue weighted by Crippen LogP contribution is 2.43. The molecule has 0 N–H and O–H groups in total. The minimum absolute atomic E-state index is 0. The smallest absolute Gasteiger partial charge is 0.161 e. The van der Waals surface area contributed by atoms with Gasteiger partial charge in [-0.3, -0.25) is 0 Å². The highest BCUT2D eigenvalue weighted by molar-refractivity contribution is 9.10. The van der Waals surface area contributed by atoms with Crippen molar-refractivity contribution in [2.45, 2.75) is 18.9 Å². The summed E-state index contributed by atoms with van der Waals surface area (Å²) >= 11 is 3.72. The summed E-state index contributed by atoms with van der Waals surface area (Å²) in [5.74, 6) is 3.04. The molecule has 0 saturated heterocycles. The zero-order valence-corrected chi connectivity index (χ0v) is 21.6. The van der Waals surface area contributed by atoms with Crippen LogP contribution in [0.2, 0.25) is 0 Å². The normalized spacial score (nSPS) is 17.0. The zero-order valence-electron chi connectivity index (χ0n) is 17.8. The Morgan fingerprint density at radius 2 is 1.38 bits per heavy atom. The Labute approximate surface area is 199 Å². The van der Waals surface area contributed by atoms with Crippen molar-refractivity contribution in [3.63, 3.8) is 0 Å². The summed E-state index contributed by atoms with van der Waals surface area (Å²) in [5.41, 5.74) is 3.84. The van der Waals surface area contributed by atoms with Crippen LogP contribution in [0.15, 0.2) is 28.7 Å². The molecule has 0 bridgehead atoms. The third-order valence-corrected chi connectivity index (χ3v) is 6.51. The lowest BCUT2D eigenvalue weighted by Crippen LogP contribution is -3.00. The Balaban J connectivity index is 0.00000300. The molecule has 1 aliphatic rings. The monoisotopic (exact) mass is 577 g/mol. The van der Waals surface area contributed by atoms with Gasteiger partial charge in [-0.15, -0.1) is 0 Å². The van der Waals surface area contributed by atoms with Crippen LogP contribution in [0.25, 0.3) is 0 Å². The molecule has 0 saturated carbocycles. The van der Waals surface area contributed by atoms with Crippen molar-refractivity contribution in [2.24, 2.45) is 0 Å². The number of quaternary nitrogens is 1. The quantitative estimate of drug-likeness (QED) is 0.384. The minimum atomic E-state index is 0. The molecular weight excluding hydrogens is 549 g/mol. The van der Waals surface area contributed by atoms with Crippen molar-refractivity contribution in [3.05, 3.63) is 45.4 Å². The number of ether oxygens (including phenoxy) is 4. The third-order valence-electron chi connectivity index (χ3n) is 5.77. The van der Waals surface area contributed by atoms with Gasteiger partial charge in [-0.1, -0.05) is 15.9 Å². The van der Waals surface area contributed by atoms with Gasteiger partial charge in [0.1, 0.15) is 6.04 Å². The predicted octanol–water partition coefficient (Wildman–Crippen LogP) is 1.40. The maximum atomic E-state index is 5.58. The van der Waals surface area contributed by atoms with Crippen molar-refractivity contribution in [1.29, 1.82) is 0 Å². The highest BCUT2D eigenvalue weighted by atomic mass is 127. The number of likely N-dealkylation sites (N-methyl/N-ethyl adjacent to an activating group) is 1. The molecule has 0 spiro atoms. The summed E-state index contributed by atoms with van der Waals surface area (Å²) in [6.45, 7) is 1.07. The van der Waals surface area contributed by atoms with Gasteiger partial charge >= 0.3 is 0 Å². The lowest BCUT2D eigenvalue weighted by Gasteiger charge is -2.43. The number of benzene rings is 2. The molecule has 160 valence electrons. The molecule has 2 aromatic carbocycles. The van der Waals surface area contributed by atoms with E-state index in [-0.39, 0.29) is 30.0 Å². The number of rotatable bonds is 6. The van der Waals surface area contributed by atoms with Gasteiger partial charge < -0.3 is 47.4 Å². The van der Waals surface area contributed by atoms with Gasteiger partial charge in [0.25, 0.3) is 0 Å². The summed E-state index contributed by atoms with van der Waals surface area (Å²) < 4.78 is 24.0. The zero-order chi connectivity index (χ0) is 20.5. The fourth-order valence-corrected chi connectivity index (χ4v) is 4.51. The summed E-state index contributed by atoms with van der Waals surface area (Å²) in [7, 11) is 11.3. The maximum absolute atomic E-state index is 5.58. The SMILES string of the molecule is COc1cc(Br)c(CC2c3cc(OC)c(OC)cc3CC[N+]2(C)C)cc1OC.[I-]. The summed E-state index contributed by atoms with van der Waals surface area (Å²) in [6.07, 6.45) is 1.89. The highest BCUT2D eigenvalue weighted by Gasteiger charge is 2.37. The Bertz CT molecular complexity index is 872. The van der Waals surface area contributed by atoms with E-state index < -0.39 is 0 Å². The summed E-state index contributed by atoms with van der Waals surface area (Å²) in [6, 6.07) is 8.61. The van der Waals surface area contributed by atoms with Gasteiger partial charge in [-0.2, -0.15) is 0 Å². The second-order valence-corrected chi connectivity index (χ2v) is 8.53. The first-order valence-electron chi connectivity index (χ1n) is 9.32. The van der Waals surface area contributed by atoms with Gasteiger partial charge in [0.2, 0.25) is 0 Å². The van der Waals surface area contributed by atoms with E-state index in [1.165, 1.54) is 16.7 Å². The van der Waals surface area contributed by atoms with E-state index in [0.717, 1.165) is 51.3 Å². The van der Waals surface area contributed by atoms with Crippen LogP contribution in [0.4, 0.5) is 0 Å². The molecule has 0 fully saturated rings. The molecule has 0 aromatic heterocycles. The van der Waals surface area contributed by atoms with E-state index in [1.807, 2.05) is 6.07 Å². The molecule has 1 atom stereocenters. The van der Waals surface area contributed by atoms with Crippen molar-refractivity contribution < 1.29 is 47.4 Å². The largest absolute Gasteiger partial charge is 1.00 e. The molecule has 1 aliphatic heterocycles. The van der Waals surface area contributed by atoms with Crippen LogP contribution in [0.3, 0.4) is 0 Å². The predicted molar refractivity (Wildman–Crippen MR) is 114 cm³/mol. The molecule has 7 heteroatoms. The number of halogens is 2. The van der Waals surface area contributed by atoms with Crippen LogP contribution in [-0.2, 0) is 12.8 Å². The molecule has 0 amide bonds. The van der Waals surface area contributed by atoms with E-state index in [1.54, 1.807) is 28.4 Å². The molecular formula is C22H29BrINO4. The number of hydrogen-bond donors (Lipinski definition) is 0. The van der Waals surface area contributed by atoms with Crippen molar-refractivity contribution >= 4 is 15.9 Å². The van der Waals surface area contributed by atoms with Gasteiger partial charge in [-0.25, -0.2) is 0 Å². The number of methoxy groups -OCH3 is 4. The Kier molecular flexibility index (Phi) is 8.09. The fourth-order valence-electron chi connectivity index (χ4n) is 4.02. The van der Waals surface area contributed by atoms with Gasteiger partial charge in [-0.05, 0) is 35.4 Å². The lowest BCUT2D eigenvalue weighted by atomic mass is 9.87. The number of hydrogen-bond acceptors (Lipinski definition) is 4. The maximum Gasteiger partial charge on any atom is 0.161 e. The first kappa shape index (κ1) is 24.1. The Morgan fingerprint density at radius 3 is 1.97 bits per heavy atom. The van der Waals surface area contributed by atoms with Crippen molar-refractivity contribution in [3.8, 4) is 23.0 Å². The van der Waals surface area contributed by atoms with Gasteiger partial charge in [0.15, 0.2) is 23.0 Å². The Hall–Kier alpha value is -1.19. The number of nitrogens with zero attached hydrogens (tertiary/aromatic N) is 1. The standard InChI is InChI=1S/C22H29BrNO4.HI/c1-24(2)8-7-14-10-19(25-3)21(27-5)12-16(14)18(24)9-15-11-20(26-4)22(28-6)13-17(15)23;/h10-13,18H,7-9H2,1-6H3;1H/q+1;/p-1. The van der Waals surface area contributed by atoms with E-state index in [2.05, 4.69) is 48.2 Å². The van der Waals surface area contributed by atoms with Crippen LogP contribution in [0.1, 0.15) is 22.7 Å². The van der Waals surface area contributed by atoms with Crippen LogP contribution >= 0.6 is 15.9 Å². The number of fused-ring (bicyclic) bond motifs is 1. The summed E-state index contributed by atoms with van der Waals surface area (Å²) in [5, 5.41) is 0. The second-order valence-electron chi connectivity index (χ2n) is 7.68. The molecule has 1 heterocycles. The average molecular weight is 578 g/mol. The first-order valence-corrected chi connectivity index (χ1v) is 10.1. The lowest BCUT2D eigenvalue weighted by molar-refractivity contribution is -0.923. The van der Waals surface area contributed by atoms with E-state index in [0.29, 0.717) is 0 Å². The van der Waals surface area contributed by atoms with Gasteiger partial charge in [0, 0.05) is 22.9 Å². The van der Waals surface area contributed by atoms with Crippen LogP contribution < -0.4 is 42.9 Å². The van der Waals surface area contributed by atoms with E-state index >= 15 is 0 Å². The fraction of sp³-hybridized carbons (Fsp3) is 0.455. The minimum Gasteiger partial charge on any atom is -1.00 e. The van der Waals surface area contributed by atoms with Crippen molar-refractivity contribution in [1.82, 2.24) is 0 Å². The van der Waals surface area contributed by atoms with Gasteiger partial charge in [0.05, 0.1) is 49.1 Å². The molecule has 0 radical (unpaired) electrons. The molecule has 29 heavy (non-hydrogen) atoms. The third kappa shape index (κ3) is 4.77. The van der Waals surface area contributed by atoms with Crippen LogP contribution in [0, 0.1) is 0 Å². The van der Waals surface area contributed by atoms with E-state index in [9.17, 15) is 0 Å². The van der Waals surface area contributed by atoms with Crippen molar-refractivity contribution in [2.75, 3.05) is 49.1 Å². The molecule has 5 nitrogen and oxygen atoms in total. The second kappa shape index (κ2) is 9.75. The summed E-state index contributed by atoms with van der Waals surface area (Å²) in [4.78, 5) is 0. The van der Waals surface area contributed by atoms with E-state index in [4.69, 9.17) is 18.9 Å². The Morgan fingerprint density at radius 1 is 0.862 bits per heavy atom. The molecule has 1 unspecified atom stereocenters. The van der Waals surface area contributed by atoms with Crippen LogP contribution in [-0.4, -0.2) is 53.6 Å². The molecule has 3 rings (SSSR count). The first-order chi connectivity index (χ1) is 13.3. The topological polar surface area (TPSA) is 36.9 Å². The molecule has 0 aliphatic carbocycles. The average Bonchev–Trinajstić information content (AvgIpc) is 2.69. The van der Waals surface area contributed by atoms with Crippen LogP contribution in [0.5, 0.6) is 23.0 Å².